The summed E-state index contributed by atoms with van der Waals surface area (Å²) in [6.45, 7) is 2.35. The van der Waals surface area contributed by atoms with Crippen molar-refractivity contribution in [2.75, 3.05) is 6.54 Å². The Kier molecular flexibility index (Phi) is 2.93. The van der Waals surface area contributed by atoms with Crippen molar-refractivity contribution in [3.05, 3.63) is 35.9 Å². The molecule has 0 aromatic heterocycles. The normalized spacial score (nSPS) is 26.2. The number of benzene rings is 1. The van der Waals surface area contributed by atoms with Gasteiger partial charge in [0.05, 0.1) is 5.54 Å². The van der Waals surface area contributed by atoms with Crippen molar-refractivity contribution in [1.29, 1.82) is 0 Å². The lowest BCUT2D eigenvalue weighted by atomic mass is 9.88. The zero-order chi connectivity index (χ0) is 12.5. The first kappa shape index (κ1) is 12.1. The summed E-state index contributed by atoms with van der Waals surface area (Å²) in [6.07, 6.45) is 1.07. The van der Waals surface area contributed by atoms with E-state index in [1.807, 2.05) is 18.2 Å². The third-order valence-corrected chi connectivity index (χ3v) is 3.50. The van der Waals surface area contributed by atoms with Gasteiger partial charge in [0.15, 0.2) is 0 Å². The maximum Gasteiger partial charge on any atom is 0.249 e. The van der Waals surface area contributed by atoms with Gasteiger partial charge in [0.25, 0.3) is 0 Å². The van der Waals surface area contributed by atoms with Gasteiger partial charge in [0.2, 0.25) is 5.91 Å². The number of carbonyl (C=O) groups excluding carboxylic acids is 1. The number of nitrogens with two attached hydrogens (primary N) is 1. The van der Waals surface area contributed by atoms with Gasteiger partial charge in [0.1, 0.15) is 5.60 Å². The van der Waals surface area contributed by atoms with Gasteiger partial charge in [0, 0.05) is 6.54 Å². The summed E-state index contributed by atoms with van der Waals surface area (Å²) in [5.41, 5.74) is 4.84. The average molecular weight is 234 g/mol. The zero-order valence-electron chi connectivity index (χ0n) is 9.94. The van der Waals surface area contributed by atoms with Crippen LogP contribution in [0, 0.1) is 0 Å². The molecular formula is C13H18N2O2. The van der Waals surface area contributed by atoms with Crippen molar-refractivity contribution < 1.29 is 9.90 Å². The lowest BCUT2D eigenvalue weighted by molar-refractivity contribution is -0.135. The van der Waals surface area contributed by atoms with Gasteiger partial charge < -0.3 is 16.2 Å². The molecule has 1 aliphatic rings. The maximum absolute atomic E-state index is 11.0. The molecular weight excluding hydrogens is 216 g/mol. The molecule has 0 bridgehead atoms. The van der Waals surface area contributed by atoms with E-state index in [-0.39, 0.29) is 5.54 Å². The molecule has 0 spiro atoms. The smallest absolute Gasteiger partial charge is 0.249 e. The summed E-state index contributed by atoms with van der Waals surface area (Å²) >= 11 is 0. The molecule has 0 unspecified atom stereocenters. The van der Waals surface area contributed by atoms with Crippen molar-refractivity contribution in [1.82, 2.24) is 5.32 Å². The minimum atomic E-state index is -1.42. The number of rotatable bonds is 5. The summed E-state index contributed by atoms with van der Waals surface area (Å²) in [6, 6.07) is 10.1. The Balaban J connectivity index is 2.03. The Morgan fingerprint density at radius 2 is 2.12 bits per heavy atom. The Hall–Kier alpha value is -1.39. The van der Waals surface area contributed by atoms with Gasteiger partial charge in [-0.05, 0) is 25.3 Å². The van der Waals surface area contributed by atoms with Gasteiger partial charge in [-0.25, -0.2) is 0 Å². The SMILES string of the molecule is C[C@@](O)(CC[C@]1(c2ccccc2)CN1)C(N)=O. The number of primary amides is 1. The van der Waals surface area contributed by atoms with Crippen LogP contribution in [0.4, 0.5) is 0 Å². The molecule has 17 heavy (non-hydrogen) atoms. The van der Waals surface area contributed by atoms with Gasteiger partial charge >= 0.3 is 0 Å². The summed E-state index contributed by atoms with van der Waals surface area (Å²) in [4.78, 5) is 11.0. The third kappa shape index (κ3) is 2.48. The summed E-state index contributed by atoms with van der Waals surface area (Å²) in [5, 5.41) is 13.1. The monoisotopic (exact) mass is 234 g/mol. The van der Waals surface area contributed by atoms with Crippen molar-refractivity contribution >= 4 is 5.91 Å². The summed E-state index contributed by atoms with van der Waals surface area (Å²) in [7, 11) is 0. The van der Waals surface area contributed by atoms with Crippen LogP contribution in [0.15, 0.2) is 30.3 Å². The van der Waals surface area contributed by atoms with Crippen molar-refractivity contribution in [2.24, 2.45) is 5.73 Å². The second kappa shape index (κ2) is 4.13. The number of aliphatic hydroxyl groups is 1. The maximum atomic E-state index is 11.0. The highest BCUT2D eigenvalue weighted by molar-refractivity contribution is 5.82. The molecule has 1 fully saturated rings. The first-order chi connectivity index (χ1) is 7.96. The predicted octanol–water partition coefficient (Wildman–Crippen LogP) is 0.502. The number of nitrogens with one attached hydrogen (secondary N) is 1. The fourth-order valence-electron chi connectivity index (χ4n) is 1.97. The van der Waals surface area contributed by atoms with E-state index < -0.39 is 11.5 Å². The van der Waals surface area contributed by atoms with E-state index in [1.165, 1.54) is 12.5 Å². The fraction of sp³-hybridized carbons (Fsp3) is 0.462. The molecule has 1 saturated heterocycles. The molecule has 4 nitrogen and oxygen atoms in total. The molecule has 1 heterocycles. The van der Waals surface area contributed by atoms with Crippen molar-refractivity contribution in [3.63, 3.8) is 0 Å². The molecule has 0 aliphatic carbocycles. The van der Waals surface area contributed by atoms with Crippen LogP contribution in [0.3, 0.4) is 0 Å². The van der Waals surface area contributed by atoms with Crippen LogP contribution in [0.5, 0.6) is 0 Å². The molecule has 4 N–H and O–H groups in total. The van der Waals surface area contributed by atoms with Crippen LogP contribution in [0.25, 0.3) is 0 Å². The van der Waals surface area contributed by atoms with E-state index >= 15 is 0 Å². The molecule has 0 radical (unpaired) electrons. The van der Waals surface area contributed by atoms with Gasteiger partial charge in [-0.3, -0.25) is 4.79 Å². The lowest BCUT2D eigenvalue weighted by Crippen LogP contribution is -2.41. The molecule has 2 atom stereocenters. The minimum Gasteiger partial charge on any atom is -0.380 e. The quantitative estimate of drug-likeness (QED) is 0.649. The fourth-order valence-corrected chi connectivity index (χ4v) is 1.97. The highest BCUT2D eigenvalue weighted by atomic mass is 16.3. The van der Waals surface area contributed by atoms with Crippen LogP contribution in [-0.4, -0.2) is 23.2 Å². The first-order valence-corrected chi connectivity index (χ1v) is 5.79. The van der Waals surface area contributed by atoms with Gasteiger partial charge in [-0.2, -0.15) is 0 Å². The van der Waals surface area contributed by atoms with Crippen LogP contribution < -0.4 is 11.1 Å². The molecule has 0 saturated carbocycles. The summed E-state index contributed by atoms with van der Waals surface area (Å²) < 4.78 is 0. The molecule has 1 aromatic carbocycles. The number of amides is 1. The molecule has 1 aromatic rings. The van der Waals surface area contributed by atoms with E-state index in [0.717, 1.165) is 6.54 Å². The summed E-state index contributed by atoms with van der Waals surface area (Å²) in [5.74, 6) is -0.665. The predicted molar refractivity (Wildman–Crippen MR) is 65.2 cm³/mol. The first-order valence-electron chi connectivity index (χ1n) is 5.79. The lowest BCUT2D eigenvalue weighted by Gasteiger charge is -2.22. The van der Waals surface area contributed by atoms with Crippen molar-refractivity contribution in [3.8, 4) is 0 Å². The van der Waals surface area contributed by atoms with E-state index in [4.69, 9.17) is 5.73 Å². The van der Waals surface area contributed by atoms with Crippen LogP contribution in [0.1, 0.15) is 25.3 Å². The number of hydrogen-bond donors (Lipinski definition) is 3. The molecule has 4 heteroatoms. The zero-order valence-corrected chi connectivity index (χ0v) is 9.94. The molecule has 1 aliphatic heterocycles. The Bertz CT molecular complexity index is 411. The largest absolute Gasteiger partial charge is 0.380 e. The van der Waals surface area contributed by atoms with Crippen LogP contribution >= 0.6 is 0 Å². The highest BCUT2D eigenvalue weighted by Gasteiger charge is 2.45. The van der Waals surface area contributed by atoms with Crippen LogP contribution in [0.2, 0.25) is 0 Å². The molecule has 92 valence electrons. The second-order valence-corrected chi connectivity index (χ2v) is 4.94. The third-order valence-electron chi connectivity index (χ3n) is 3.50. The number of hydrogen-bond acceptors (Lipinski definition) is 3. The van der Waals surface area contributed by atoms with E-state index in [2.05, 4.69) is 17.4 Å². The van der Waals surface area contributed by atoms with Crippen molar-refractivity contribution in [2.45, 2.75) is 30.9 Å². The van der Waals surface area contributed by atoms with E-state index in [0.29, 0.717) is 12.8 Å². The molecule has 1 amide bonds. The average Bonchev–Trinajstić information content (AvgIpc) is 3.09. The standard InChI is InChI=1S/C13H18N2O2/c1-12(17,11(14)16)7-8-13(9-15-13)10-5-3-2-4-6-10/h2-6,15,17H,7-9H2,1H3,(H2,14,16)/t12-,13-/m1/s1. The Morgan fingerprint density at radius 1 is 1.53 bits per heavy atom. The topological polar surface area (TPSA) is 85.3 Å². The molecule has 2 rings (SSSR count). The number of carbonyl (C=O) groups is 1. The van der Waals surface area contributed by atoms with Gasteiger partial charge in [-0.1, -0.05) is 30.3 Å². The van der Waals surface area contributed by atoms with Crippen LogP contribution in [-0.2, 0) is 10.3 Å². The Morgan fingerprint density at radius 3 is 2.59 bits per heavy atom. The minimum absolute atomic E-state index is 0.0826. The van der Waals surface area contributed by atoms with E-state index in [1.54, 1.807) is 0 Å². The highest BCUT2D eigenvalue weighted by Crippen LogP contribution is 2.36. The Labute approximate surface area is 101 Å². The van der Waals surface area contributed by atoms with E-state index in [9.17, 15) is 9.90 Å². The van der Waals surface area contributed by atoms with Gasteiger partial charge in [-0.15, -0.1) is 0 Å². The second-order valence-electron chi connectivity index (χ2n) is 4.94.